The number of hydrogen-bond acceptors (Lipinski definition) is 2. The number of halogens is 1. The number of nitrogens with two attached hydrogens (primary N) is 1. The van der Waals surface area contributed by atoms with Crippen LogP contribution in [0.2, 0.25) is 5.02 Å². The highest BCUT2D eigenvalue weighted by molar-refractivity contribution is 6.34. The van der Waals surface area contributed by atoms with Crippen LogP contribution in [0.25, 0.3) is 0 Å². The van der Waals surface area contributed by atoms with Gasteiger partial charge in [0, 0.05) is 18.8 Å². The van der Waals surface area contributed by atoms with Gasteiger partial charge in [-0.3, -0.25) is 4.79 Å². The Morgan fingerprint density at radius 2 is 2.22 bits per heavy atom. The smallest absolute Gasteiger partial charge is 0.255 e. The Balaban J connectivity index is 2.15. The minimum absolute atomic E-state index is 0.0220. The summed E-state index contributed by atoms with van der Waals surface area (Å²) >= 11 is 6.09. The molecule has 0 spiro atoms. The molecule has 0 aromatic heterocycles. The molecule has 0 unspecified atom stereocenters. The average molecular weight is 267 g/mol. The molecule has 0 aliphatic heterocycles. The van der Waals surface area contributed by atoms with Gasteiger partial charge in [-0.25, -0.2) is 0 Å². The molecule has 2 rings (SSSR count). The summed E-state index contributed by atoms with van der Waals surface area (Å²) in [6.45, 7) is 3.72. The zero-order chi connectivity index (χ0) is 13.1. The van der Waals surface area contributed by atoms with Crippen LogP contribution < -0.4 is 5.73 Å². The van der Waals surface area contributed by atoms with Crippen molar-refractivity contribution in [1.29, 1.82) is 0 Å². The Bertz CT molecular complexity index is 443. The van der Waals surface area contributed by atoms with E-state index < -0.39 is 0 Å². The summed E-state index contributed by atoms with van der Waals surface area (Å²) in [4.78, 5) is 14.3. The van der Waals surface area contributed by atoms with E-state index in [2.05, 4.69) is 6.92 Å². The molecule has 2 N–H and O–H groups in total. The fourth-order valence-electron chi connectivity index (χ4n) is 2.03. The van der Waals surface area contributed by atoms with Crippen LogP contribution in [0.3, 0.4) is 0 Å². The lowest BCUT2D eigenvalue weighted by Crippen LogP contribution is -2.33. The number of anilines is 1. The number of nitrogens with zero attached hydrogens (tertiary/aromatic N) is 1. The van der Waals surface area contributed by atoms with Gasteiger partial charge in [0.1, 0.15) is 0 Å². The predicted molar refractivity (Wildman–Crippen MR) is 74.8 cm³/mol. The lowest BCUT2D eigenvalue weighted by Gasteiger charge is -2.22. The van der Waals surface area contributed by atoms with Crippen molar-refractivity contribution < 1.29 is 4.79 Å². The Labute approximate surface area is 113 Å². The Morgan fingerprint density at radius 1 is 1.50 bits per heavy atom. The van der Waals surface area contributed by atoms with Crippen LogP contribution in [0.4, 0.5) is 5.69 Å². The molecular formula is C14H19ClN2O. The van der Waals surface area contributed by atoms with Gasteiger partial charge in [0.15, 0.2) is 0 Å². The fourth-order valence-corrected chi connectivity index (χ4v) is 2.30. The normalized spacial score (nSPS) is 14.6. The number of rotatable bonds is 5. The minimum atomic E-state index is 0.0220. The van der Waals surface area contributed by atoms with Crippen LogP contribution in [-0.4, -0.2) is 23.9 Å². The monoisotopic (exact) mass is 266 g/mol. The van der Waals surface area contributed by atoms with Crippen molar-refractivity contribution >= 4 is 23.2 Å². The van der Waals surface area contributed by atoms with E-state index in [9.17, 15) is 4.79 Å². The Morgan fingerprint density at radius 3 is 2.78 bits per heavy atom. The first-order valence-corrected chi connectivity index (χ1v) is 6.84. The van der Waals surface area contributed by atoms with Crippen molar-refractivity contribution in [3.63, 3.8) is 0 Å². The largest absolute Gasteiger partial charge is 0.399 e. The van der Waals surface area contributed by atoms with E-state index in [1.165, 1.54) is 12.8 Å². The number of amides is 1. The highest BCUT2D eigenvalue weighted by Gasteiger charge is 2.27. The van der Waals surface area contributed by atoms with Crippen molar-refractivity contribution in [1.82, 2.24) is 4.90 Å². The second kappa shape index (κ2) is 5.61. The maximum absolute atomic E-state index is 12.4. The Hall–Kier alpha value is -1.22. The molecule has 1 aromatic carbocycles. The summed E-state index contributed by atoms with van der Waals surface area (Å²) in [6, 6.07) is 5.08. The summed E-state index contributed by atoms with van der Waals surface area (Å²) in [5.41, 5.74) is 6.78. The summed E-state index contributed by atoms with van der Waals surface area (Å²) in [5.74, 6) is 0.710. The molecule has 1 saturated carbocycles. The van der Waals surface area contributed by atoms with Gasteiger partial charge in [-0.1, -0.05) is 18.5 Å². The highest BCUT2D eigenvalue weighted by Crippen LogP contribution is 2.31. The SMILES string of the molecule is CCCN(CC1CC1)C(=O)c1ccc(N)cc1Cl. The van der Waals surface area contributed by atoms with Crippen LogP contribution in [-0.2, 0) is 0 Å². The van der Waals surface area contributed by atoms with Crippen molar-refractivity contribution in [2.75, 3.05) is 18.8 Å². The van der Waals surface area contributed by atoms with E-state index in [1.807, 2.05) is 4.90 Å². The third-order valence-corrected chi connectivity index (χ3v) is 3.49. The predicted octanol–water partition coefficient (Wildman–Crippen LogP) is 3.18. The molecule has 1 amide bonds. The molecule has 0 saturated heterocycles. The second-order valence-electron chi connectivity index (χ2n) is 4.93. The molecule has 4 heteroatoms. The molecule has 0 heterocycles. The van der Waals surface area contributed by atoms with Gasteiger partial charge < -0.3 is 10.6 Å². The molecule has 1 aliphatic carbocycles. The van der Waals surface area contributed by atoms with Gasteiger partial charge in [-0.15, -0.1) is 0 Å². The van der Waals surface area contributed by atoms with Crippen molar-refractivity contribution in [2.45, 2.75) is 26.2 Å². The lowest BCUT2D eigenvalue weighted by molar-refractivity contribution is 0.0748. The number of nitrogen functional groups attached to an aromatic ring is 1. The third-order valence-electron chi connectivity index (χ3n) is 3.18. The lowest BCUT2D eigenvalue weighted by atomic mass is 10.1. The van der Waals surface area contributed by atoms with Crippen LogP contribution in [0, 0.1) is 5.92 Å². The molecular weight excluding hydrogens is 248 g/mol. The molecule has 0 bridgehead atoms. The van der Waals surface area contributed by atoms with Gasteiger partial charge in [-0.2, -0.15) is 0 Å². The molecule has 0 radical (unpaired) electrons. The maximum Gasteiger partial charge on any atom is 0.255 e. The number of benzene rings is 1. The zero-order valence-corrected chi connectivity index (χ0v) is 11.4. The molecule has 1 fully saturated rings. The van der Waals surface area contributed by atoms with Gasteiger partial charge in [-0.05, 0) is 43.4 Å². The summed E-state index contributed by atoms with van der Waals surface area (Å²) in [5, 5.41) is 0.442. The highest BCUT2D eigenvalue weighted by atomic mass is 35.5. The number of carbonyl (C=O) groups excluding carboxylic acids is 1. The molecule has 18 heavy (non-hydrogen) atoms. The van der Waals surface area contributed by atoms with Crippen molar-refractivity contribution in [3.05, 3.63) is 28.8 Å². The first-order valence-electron chi connectivity index (χ1n) is 6.46. The molecule has 1 aromatic rings. The fraction of sp³-hybridized carbons (Fsp3) is 0.500. The summed E-state index contributed by atoms with van der Waals surface area (Å²) in [7, 11) is 0. The van der Waals surface area contributed by atoms with Crippen LogP contribution in [0.5, 0.6) is 0 Å². The average Bonchev–Trinajstić information content (AvgIpc) is 3.11. The first kappa shape index (κ1) is 13.2. The first-order chi connectivity index (χ1) is 8.61. The topological polar surface area (TPSA) is 46.3 Å². The molecule has 0 atom stereocenters. The van der Waals surface area contributed by atoms with Crippen molar-refractivity contribution in [3.8, 4) is 0 Å². The van der Waals surface area contributed by atoms with Crippen molar-refractivity contribution in [2.24, 2.45) is 5.92 Å². The van der Waals surface area contributed by atoms with Gasteiger partial charge in [0.25, 0.3) is 5.91 Å². The summed E-state index contributed by atoms with van der Waals surface area (Å²) in [6.07, 6.45) is 3.44. The van der Waals surface area contributed by atoms with E-state index in [4.69, 9.17) is 17.3 Å². The quantitative estimate of drug-likeness (QED) is 0.832. The number of hydrogen-bond donors (Lipinski definition) is 1. The standard InChI is InChI=1S/C14H19ClN2O/c1-2-7-17(9-10-3-4-10)14(18)12-6-5-11(16)8-13(12)15/h5-6,8,10H,2-4,7,9,16H2,1H3. The van der Waals surface area contributed by atoms with E-state index in [0.29, 0.717) is 22.2 Å². The van der Waals surface area contributed by atoms with E-state index in [1.54, 1.807) is 18.2 Å². The maximum atomic E-state index is 12.4. The molecule has 1 aliphatic rings. The van der Waals surface area contributed by atoms with E-state index in [0.717, 1.165) is 19.5 Å². The molecule has 98 valence electrons. The van der Waals surface area contributed by atoms with Crippen LogP contribution in [0.15, 0.2) is 18.2 Å². The molecule has 3 nitrogen and oxygen atoms in total. The van der Waals surface area contributed by atoms with Gasteiger partial charge in [0.05, 0.1) is 10.6 Å². The summed E-state index contributed by atoms with van der Waals surface area (Å²) < 4.78 is 0. The van der Waals surface area contributed by atoms with Crippen LogP contribution in [0.1, 0.15) is 36.5 Å². The van der Waals surface area contributed by atoms with E-state index in [-0.39, 0.29) is 5.91 Å². The minimum Gasteiger partial charge on any atom is -0.399 e. The Kier molecular flexibility index (Phi) is 4.12. The van der Waals surface area contributed by atoms with Crippen LogP contribution >= 0.6 is 11.6 Å². The second-order valence-corrected chi connectivity index (χ2v) is 5.34. The van der Waals surface area contributed by atoms with Gasteiger partial charge >= 0.3 is 0 Å². The third kappa shape index (κ3) is 3.16. The number of carbonyl (C=O) groups is 1. The van der Waals surface area contributed by atoms with Gasteiger partial charge in [0.2, 0.25) is 0 Å². The van der Waals surface area contributed by atoms with E-state index >= 15 is 0 Å². The zero-order valence-electron chi connectivity index (χ0n) is 10.7.